The first kappa shape index (κ1) is 14.8. The minimum Gasteiger partial charge on any atom is -0.465 e. The Kier molecular flexibility index (Phi) is 5.76. The minimum absolute atomic E-state index is 0.160. The number of hydrogen-bond donors (Lipinski definition) is 1. The van der Waals surface area contributed by atoms with Gasteiger partial charge in [0.05, 0.1) is 6.61 Å². The number of esters is 1. The van der Waals surface area contributed by atoms with Crippen LogP contribution in [0.2, 0.25) is 0 Å². The summed E-state index contributed by atoms with van der Waals surface area (Å²) in [5, 5.41) is 3.41. The van der Waals surface area contributed by atoms with E-state index in [4.69, 9.17) is 4.74 Å². The summed E-state index contributed by atoms with van der Waals surface area (Å²) in [6.07, 6.45) is 4.28. The largest absolute Gasteiger partial charge is 0.465 e. The summed E-state index contributed by atoms with van der Waals surface area (Å²) in [7, 11) is 0. The lowest BCUT2D eigenvalue weighted by atomic mass is 9.99. The quantitative estimate of drug-likeness (QED) is 0.601. The Morgan fingerprint density at radius 1 is 1.47 bits per heavy atom. The molecule has 5 heteroatoms. The summed E-state index contributed by atoms with van der Waals surface area (Å²) < 4.78 is 7.43. The summed E-state index contributed by atoms with van der Waals surface area (Å²) in [5.74, 6) is -0.160. The van der Waals surface area contributed by atoms with Crippen molar-refractivity contribution in [3.8, 4) is 0 Å². The highest BCUT2D eigenvalue weighted by molar-refractivity contribution is 7.96. The topological polar surface area (TPSA) is 41.6 Å². The highest BCUT2D eigenvalue weighted by atomic mass is 32.2. The average Bonchev–Trinajstić information content (AvgIpc) is 2.30. The van der Waals surface area contributed by atoms with Gasteiger partial charge in [0.25, 0.3) is 0 Å². The molecule has 100 valence electrons. The molecule has 1 N–H and O–H groups in total. The number of rotatable bonds is 5. The lowest BCUT2D eigenvalue weighted by Gasteiger charge is -2.35. The molecule has 1 heterocycles. The van der Waals surface area contributed by atoms with Crippen molar-refractivity contribution in [2.45, 2.75) is 45.2 Å². The van der Waals surface area contributed by atoms with E-state index in [9.17, 15) is 4.79 Å². The Morgan fingerprint density at radius 2 is 2.06 bits per heavy atom. The molecule has 4 nitrogen and oxygen atoms in total. The van der Waals surface area contributed by atoms with Crippen molar-refractivity contribution in [3.05, 3.63) is 0 Å². The van der Waals surface area contributed by atoms with Crippen LogP contribution in [0.4, 0.5) is 0 Å². The van der Waals surface area contributed by atoms with E-state index in [-0.39, 0.29) is 5.97 Å². The van der Waals surface area contributed by atoms with Gasteiger partial charge in [0.1, 0.15) is 5.54 Å². The van der Waals surface area contributed by atoms with Gasteiger partial charge in [-0.25, -0.2) is 0 Å². The van der Waals surface area contributed by atoms with Crippen molar-refractivity contribution in [1.29, 1.82) is 0 Å². The van der Waals surface area contributed by atoms with Crippen LogP contribution in [0.5, 0.6) is 0 Å². The van der Waals surface area contributed by atoms with Crippen LogP contribution in [-0.2, 0) is 9.53 Å². The van der Waals surface area contributed by atoms with Gasteiger partial charge in [0.2, 0.25) is 0 Å². The van der Waals surface area contributed by atoms with Gasteiger partial charge in [-0.1, -0.05) is 11.9 Å². The summed E-state index contributed by atoms with van der Waals surface area (Å²) in [6, 6.07) is 0.415. The van der Waals surface area contributed by atoms with Gasteiger partial charge in [-0.15, -0.1) is 0 Å². The van der Waals surface area contributed by atoms with E-state index in [1.807, 2.05) is 20.8 Å². The molecular weight excluding hydrogens is 236 g/mol. The second kappa shape index (κ2) is 6.61. The fraction of sp³-hybridized carbons (Fsp3) is 0.917. The maximum Gasteiger partial charge on any atom is 0.325 e. The molecule has 0 aromatic carbocycles. The van der Waals surface area contributed by atoms with Crippen molar-refractivity contribution in [2.24, 2.45) is 0 Å². The molecule has 0 aromatic rings. The van der Waals surface area contributed by atoms with Gasteiger partial charge < -0.3 is 4.74 Å². The molecule has 0 amide bonds. The van der Waals surface area contributed by atoms with Crippen LogP contribution >= 0.6 is 11.9 Å². The van der Waals surface area contributed by atoms with Crippen LogP contribution < -0.4 is 5.32 Å². The Bertz CT molecular complexity index is 251. The Labute approximate surface area is 109 Å². The molecule has 1 aliphatic heterocycles. The summed E-state index contributed by atoms with van der Waals surface area (Å²) in [4.78, 5) is 11.8. The Morgan fingerprint density at radius 3 is 2.53 bits per heavy atom. The molecule has 0 radical (unpaired) electrons. The maximum atomic E-state index is 11.8. The number of nitrogens with one attached hydrogen (secondary N) is 1. The van der Waals surface area contributed by atoms with E-state index in [0.29, 0.717) is 12.6 Å². The number of nitrogens with zero attached hydrogens (tertiary/aromatic N) is 1. The first-order chi connectivity index (χ1) is 7.99. The average molecular weight is 260 g/mol. The third kappa shape index (κ3) is 4.48. The van der Waals surface area contributed by atoms with Crippen molar-refractivity contribution >= 4 is 17.9 Å². The Hall–Kier alpha value is -0.260. The smallest absolute Gasteiger partial charge is 0.325 e. The van der Waals surface area contributed by atoms with Crippen molar-refractivity contribution in [1.82, 2.24) is 9.62 Å². The van der Waals surface area contributed by atoms with Crippen LogP contribution in [-0.4, -0.2) is 47.8 Å². The zero-order valence-corrected chi connectivity index (χ0v) is 12.1. The van der Waals surface area contributed by atoms with Gasteiger partial charge in [-0.2, -0.15) is 0 Å². The van der Waals surface area contributed by atoms with Crippen molar-refractivity contribution < 1.29 is 9.53 Å². The van der Waals surface area contributed by atoms with E-state index in [2.05, 4.69) is 15.9 Å². The number of hydrogen-bond acceptors (Lipinski definition) is 5. The fourth-order valence-corrected chi connectivity index (χ4v) is 2.64. The fourth-order valence-electron chi connectivity index (χ4n) is 2.06. The first-order valence-corrected chi connectivity index (χ1v) is 7.41. The maximum absolute atomic E-state index is 11.8. The number of carbonyl (C=O) groups excluding carboxylic acids is 1. The minimum atomic E-state index is -0.581. The second-order valence-electron chi connectivity index (χ2n) is 4.88. The number of ether oxygens (including phenoxy) is 1. The molecule has 0 atom stereocenters. The predicted molar refractivity (Wildman–Crippen MR) is 72.0 cm³/mol. The summed E-state index contributed by atoms with van der Waals surface area (Å²) >= 11 is 1.79. The zero-order chi connectivity index (χ0) is 12.9. The molecule has 0 saturated carbocycles. The van der Waals surface area contributed by atoms with Crippen LogP contribution in [0.15, 0.2) is 0 Å². The summed E-state index contributed by atoms with van der Waals surface area (Å²) in [6.45, 7) is 8.23. The molecule has 1 fully saturated rings. The molecule has 0 spiro atoms. The van der Waals surface area contributed by atoms with Gasteiger partial charge >= 0.3 is 5.97 Å². The molecule has 1 aliphatic rings. The molecule has 0 bridgehead atoms. The monoisotopic (exact) mass is 260 g/mol. The van der Waals surface area contributed by atoms with E-state index < -0.39 is 5.54 Å². The third-order valence-electron chi connectivity index (χ3n) is 3.06. The molecule has 17 heavy (non-hydrogen) atoms. The van der Waals surface area contributed by atoms with Crippen molar-refractivity contribution in [3.63, 3.8) is 0 Å². The molecule has 0 aliphatic carbocycles. The van der Waals surface area contributed by atoms with Crippen LogP contribution in [0.25, 0.3) is 0 Å². The molecule has 1 saturated heterocycles. The SMILES string of the molecule is CCOC(=O)C(C)(C)NC1CCN(SC)CC1. The Balaban J connectivity index is 2.40. The van der Waals surface area contributed by atoms with Gasteiger partial charge in [-0.3, -0.25) is 14.4 Å². The van der Waals surface area contributed by atoms with E-state index in [1.54, 1.807) is 11.9 Å². The van der Waals surface area contributed by atoms with E-state index >= 15 is 0 Å². The lowest BCUT2D eigenvalue weighted by Crippen LogP contribution is -2.54. The number of carbonyl (C=O) groups is 1. The highest BCUT2D eigenvalue weighted by Crippen LogP contribution is 2.18. The predicted octanol–water partition coefficient (Wildman–Crippen LogP) is 1.66. The third-order valence-corrected chi connectivity index (χ3v) is 3.94. The standard InChI is InChI=1S/C12H24N2O2S/c1-5-16-11(15)12(2,3)13-10-6-8-14(17-4)9-7-10/h10,13H,5-9H2,1-4H3. The lowest BCUT2D eigenvalue weighted by molar-refractivity contribution is -0.150. The molecular formula is C12H24N2O2S. The van der Waals surface area contributed by atoms with Gasteiger partial charge in [0.15, 0.2) is 0 Å². The van der Waals surface area contributed by atoms with E-state index in [0.717, 1.165) is 25.9 Å². The van der Waals surface area contributed by atoms with Crippen LogP contribution in [0.1, 0.15) is 33.6 Å². The molecule has 0 unspecified atom stereocenters. The first-order valence-electron chi connectivity index (χ1n) is 6.23. The zero-order valence-electron chi connectivity index (χ0n) is 11.3. The van der Waals surface area contributed by atoms with E-state index in [1.165, 1.54) is 0 Å². The normalized spacial score (nSPS) is 19.3. The molecule has 0 aromatic heterocycles. The van der Waals surface area contributed by atoms with Crippen LogP contribution in [0.3, 0.4) is 0 Å². The second-order valence-corrected chi connectivity index (χ2v) is 5.76. The number of piperidine rings is 1. The highest BCUT2D eigenvalue weighted by Gasteiger charge is 2.32. The van der Waals surface area contributed by atoms with Crippen molar-refractivity contribution in [2.75, 3.05) is 26.0 Å². The molecule has 1 rings (SSSR count). The van der Waals surface area contributed by atoms with Gasteiger partial charge in [0, 0.05) is 19.1 Å². The summed E-state index contributed by atoms with van der Waals surface area (Å²) in [5.41, 5.74) is -0.581. The van der Waals surface area contributed by atoms with Gasteiger partial charge in [-0.05, 0) is 39.9 Å². The van der Waals surface area contributed by atoms with Crippen LogP contribution in [0, 0.1) is 0 Å².